The van der Waals surface area contributed by atoms with Gasteiger partial charge in [-0.15, -0.1) is 0 Å². The summed E-state index contributed by atoms with van der Waals surface area (Å²) in [6, 6.07) is 23.9. The van der Waals surface area contributed by atoms with E-state index in [1.807, 2.05) is 36.4 Å². The normalized spacial score (nSPS) is 13.3. The summed E-state index contributed by atoms with van der Waals surface area (Å²) in [4.78, 5) is 0. The van der Waals surface area contributed by atoms with Crippen LogP contribution in [0.1, 0.15) is 47.9 Å². The molecule has 0 saturated carbocycles. The maximum Gasteiger partial charge on any atom is 0.119 e. The lowest BCUT2D eigenvalue weighted by Gasteiger charge is -2.19. The molecule has 0 heterocycles. The number of rotatable bonds is 6. The first-order chi connectivity index (χ1) is 12.5. The van der Waals surface area contributed by atoms with Gasteiger partial charge in [0.1, 0.15) is 11.5 Å². The summed E-state index contributed by atoms with van der Waals surface area (Å²) in [6.45, 7) is 4.16. The molecular formula is C24H26O2. The Labute approximate surface area is 155 Å². The van der Waals surface area contributed by atoms with E-state index < -0.39 is 0 Å². The molecule has 2 heteroatoms. The maximum atomic E-state index is 10.6. The summed E-state index contributed by atoms with van der Waals surface area (Å²) >= 11 is 0. The van der Waals surface area contributed by atoms with Gasteiger partial charge in [-0.3, -0.25) is 0 Å². The van der Waals surface area contributed by atoms with Gasteiger partial charge in [-0.1, -0.05) is 74.5 Å². The second kappa shape index (κ2) is 8.09. The zero-order chi connectivity index (χ0) is 18.5. The van der Waals surface area contributed by atoms with Crippen LogP contribution in [0.25, 0.3) is 0 Å². The highest BCUT2D eigenvalue weighted by molar-refractivity contribution is 5.48. The molecule has 0 bridgehead atoms. The highest BCUT2D eigenvalue weighted by atomic mass is 16.3. The summed E-state index contributed by atoms with van der Waals surface area (Å²) in [5.41, 5.74) is 4.03. The van der Waals surface area contributed by atoms with Crippen LogP contribution in [0, 0.1) is 0 Å². The Morgan fingerprint density at radius 2 is 0.962 bits per heavy atom. The lowest BCUT2D eigenvalue weighted by Crippen LogP contribution is -2.03. The van der Waals surface area contributed by atoms with Crippen LogP contribution in [-0.4, -0.2) is 10.2 Å². The molecule has 0 aromatic heterocycles. The van der Waals surface area contributed by atoms with Gasteiger partial charge in [0.25, 0.3) is 0 Å². The smallest absolute Gasteiger partial charge is 0.119 e. The topological polar surface area (TPSA) is 40.5 Å². The van der Waals surface area contributed by atoms with Crippen molar-refractivity contribution in [1.29, 1.82) is 0 Å². The highest BCUT2D eigenvalue weighted by Crippen LogP contribution is 2.37. The van der Waals surface area contributed by atoms with E-state index in [1.54, 1.807) is 12.1 Å². The predicted molar refractivity (Wildman–Crippen MR) is 107 cm³/mol. The number of hydrogen-bond acceptors (Lipinski definition) is 2. The minimum absolute atomic E-state index is 0.127. The Kier molecular flexibility index (Phi) is 5.62. The molecule has 0 aliphatic rings. The Hall–Kier alpha value is -2.74. The van der Waals surface area contributed by atoms with Crippen molar-refractivity contribution in [2.45, 2.75) is 38.5 Å². The minimum Gasteiger partial charge on any atom is -0.508 e. The third-order valence-corrected chi connectivity index (χ3v) is 5.01. The largest absolute Gasteiger partial charge is 0.508 e. The molecule has 0 spiro atoms. The SMILES string of the molecule is CC(Cc1ccccc1)c1cc(O)c(C(C)Cc2ccccc2)cc1O. The molecule has 2 atom stereocenters. The summed E-state index contributed by atoms with van der Waals surface area (Å²) in [6.07, 6.45) is 1.65. The number of phenols is 2. The third-order valence-electron chi connectivity index (χ3n) is 5.01. The summed E-state index contributed by atoms with van der Waals surface area (Å²) in [5.74, 6) is 0.783. The van der Waals surface area contributed by atoms with Crippen molar-refractivity contribution >= 4 is 0 Å². The third kappa shape index (κ3) is 4.26. The quantitative estimate of drug-likeness (QED) is 0.555. The first kappa shape index (κ1) is 18.1. The molecule has 3 rings (SSSR count). The molecule has 0 radical (unpaired) electrons. The van der Waals surface area contributed by atoms with Crippen LogP contribution in [0.5, 0.6) is 11.5 Å². The van der Waals surface area contributed by atoms with E-state index in [1.165, 1.54) is 11.1 Å². The number of aromatic hydroxyl groups is 2. The zero-order valence-corrected chi connectivity index (χ0v) is 15.4. The van der Waals surface area contributed by atoms with E-state index in [-0.39, 0.29) is 23.3 Å². The predicted octanol–water partition coefficient (Wildman–Crippen LogP) is 5.79. The van der Waals surface area contributed by atoms with Crippen LogP contribution >= 0.6 is 0 Å². The van der Waals surface area contributed by atoms with Gasteiger partial charge in [0, 0.05) is 11.1 Å². The number of hydrogen-bond donors (Lipinski definition) is 2. The fraction of sp³-hybridized carbons (Fsp3) is 0.250. The molecular weight excluding hydrogens is 320 g/mol. The minimum atomic E-state index is 0.127. The van der Waals surface area contributed by atoms with Gasteiger partial charge >= 0.3 is 0 Å². The molecule has 134 valence electrons. The molecule has 0 saturated heterocycles. The van der Waals surface area contributed by atoms with Gasteiger partial charge in [-0.25, -0.2) is 0 Å². The average molecular weight is 346 g/mol. The van der Waals surface area contributed by atoms with E-state index in [9.17, 15) is 10.2 Å². The van der Waals surface area contributed by atoms with Crippen LogP contribution in [0.4, 0.5) is 0 Å². The van der Waals surface area contributed by atoms with E-state index >= 15 is 0 Å². The maximum absolute atomic E-state index is 10.6. The van der Waals surface area contributed by atoms with Gasteiger partial charge in [0.05, 0.1) is 0 Å². The fourth-order valence-electron chi connectivity index (χ4n) is 3.55. The Bertz CT molecular complexity index is 768. The lowest BCUT2D eigenvalue weighted by molar-refractivity contribution is 0.440. The van der Waals surface area contributed by atoms with E-state index in [2.05, 4.69) is 38.1 Å². The average Bonchev–Trinajstić information content (AvgIpc) is 2.64. The molecule has 3 aromatic rings. The van der Waals surface area contributed by atoms with Gasteiger partial charge in [-0.05, 0) is 47.9 Å². The van der Waals surface area contributed by atoms with Crippen molar-refractivity contribution in [3.63, 3.8) is 0 Å². The van der Waals surface area contributed by atoms with Gasteiger partial charge in [0.2, 0.25) is 0 Å². The molecule has 0 aliphatic heterocycles. The first-order valence-corrected chi connectivity index (χ1v) is 9.18. The van der Waals surface area contributed by atoms with Gasteiger partial charge in [0.15, 0.2) is 0 Å². The molecule has 2 unspecified atom stereocenters. The second-order valence-corrected chi connectivity index (χ2v) is 7.15. The second-order valence-electron chi connectivity index (χ2n) is 7.15. The standard InChI is InChI=1S/C24H26O2/c1-17(13-19-9-5-3-6-10-19)21-15-24(26)22(16-23(21)25)18(2)14-20-11-7-4-8-12-20/h3-12,15-18,25-26H,13-14H2,1-2H3. The van der Waals surface area contributed by atoms with Crippen molar-refractivity contribution in [2.24, 2.45) is 0 Å². The van der Waals surface area contributed by atoms with Crippen LogP contribution in [-0.2, 0) is 12.8 Å². The molecule has 2 N–H and O–H groups in total. The molecule has 26 heavy (non-hydrogen) atoms. The fourth-order valence-corrected chi connectivity index (χ4v) is 3.55. The van der Waals surface area contributed by atoms with E-state index in [0.717, 1.165) is 24.0 Å². The van der Waals surface area contributed by atoms with Crippen molar-refractivity contribution in [3.8, 4) is 11.5 Å². The molecule has 0 amide bonds. The van der Waals surface area contributed by atoms with Gasteiger partial charge in [-0.2, -0.15) is 0 Å². The van der Waals surface area contributed by atoms with Crippen LogP contribution in [0.3, 0.4) is 0 Å². The Morgan fingerprint density at radius 3 is 1.31 bits per heavy atom. The van der Waals surface area contributed by atoms with Crippen LogP contribution in [0.2, 0.25) is 0 Å². The van der Waals surface area contributed by atoms with Gasteiger partial charge < -0.3 is 10.2 Å². The summed E-state index contributed by atoms with van der Waals surface area (Å²) < 4.78 is 0. The van der Waals surface area contributed by atoms with E-state index in [4.69, 9.17) is 0 Å². The summed E-state index contributed by atoms with van der Waals surface area (Å²) in [5, 5.41) is 21.1. The summed E-state index contributed by atoms with van der Waals surface area (Å²) in [7, 11) is 0. The first-order valence-electron chi connectivity index (χ1n) is 9.18. The van der Waals surface area contributed by atoms with E-state index in [0.29, 0.717) is 0 Å². The number of phenolic OH excluding ortho intramolecular Hbond substituents is 2. The molecule has 2 nitrogen and oxygen atoms in total. The van der Waals surface area contributed by atoms with Crippen LogP contribution in [0.15, 0.2) is 72.8 Å². The van der Waals surface area contributed by atoms with Crippen molar-refractivity contribution in [1.82, 2.24) is 0 Å². The Balaban J connectivity index is 1.79. The monoisotopic (exact) mass is 346 g/mol. The van der Waals surface area contributed by atoms with Crippen LogP contribution < -0.4 is 0 Å². The van der Waals surface area contributed by atoms with Crippen molar-refractivity contribution in [3.05, 3.63) is 95.1 Å². The molecule has 0 aliphatic carbocycles. The Morgan fingerprint density at radius 1 is 0.615 bits per heavy atom. The zero-order valence-electron chi connectivity index (χ0n) is 15.4. The number of benzene rings is 3. The molecule has 3 aromatic carbocycles. The highest BCUT2D eigenvalue weighted by Gasteiger charge is 2.18. The van der Waals surface area contributed by atoms with Crippen molar-refractivity contribution < 1.29 is 10.2 Å². The lowest BCUT2D eigenvalue weighted by atomic mass is 9.88. The molecule has 0 fully saturated rings. The van der Waals surface area contributed by atoms with Crippen molar-refractivity contribution in [2.75, 3.05) is 0 Å².